The number of hydrogen-bond donors (Lipinski definition) is 3. The number of carbonyl (C=O) groups excluding carboxylic acids is 1. The minimum absolute atomic E-state index is 0.274. The van der Waals surface area contributed by atoms with Crippen LogP contribution in [0, 0.1) is 6.92 Å². The Hall–Kier alpha value is -3.24. The maximum Gasteiger partial charge on any atom is 0.274 e. The van der Waals surface area contributed by atoms with Gasteiger partial charge in [-0.15, -0.1) is 0 Å². The molecular weight excluding hydrogens is 474 g/mol. The molecule has 1 aromatic carbocycles. The van der Waals surface area contributed by atoms with E-state index in [4.69, 9.17) is 9.72 Å². The fourth-order valence-corrected chi connectivity index (χ4v) is 3.70. The van der Waals surface area contributed by atoms with Crippen LogP contribution in [-0.2, 0) is 0 Å². The summed E-state index contributed by atoms with van der Waals surface area (Å²) in [7, 11) is 1.59. The molecule has 3 heterocycles. The molecule has 2 aromatic heterocycles. The number of anilines is 4. The van der Waals surface area contributed by atoms with Crippen LogP contribution in [0.1, 0.15) is 16.1 Å². The van der Waals surface area contributed by atoms with Crippen molar-refractivity contribution in [3.8, 4) is 5.75 Å². The Morgan fingerprint density at radius 2 is 2.00 bits per heavy atom. The number of aromatic nitrogens is 3. The van der Waals surface area contributed by atoms with E-state index >= 15 is 0 Å². The predicted octanol–water partition coefficient (Wildman–Crippen LogP) is 3.36. The van der Waals surface area contributed by atoms with Crippen LogP contribution in [-0.4, -0.2) is 54.1 Å². The summed E-state index contributed by atoms with van der Waals surface area (Å²) in [5.41, 5.74) is 2.81. The number of pyridine rings is 1. The van der Waals surface area contributed by atoms with Gasteiger partial charge in [0.05, 0.1) is 13.3 Å². The molecule has 4 rings (SSSR count). The first-order valence-corrected chi connectivity index (χ1v) is 11.0. The average Bonchev–Trinajstić information content (AvgIpc) is 2.81. The van der Waals surface area contributed by atoms with Crippen molar-refractivity contribution < 1.29 is 9.53 Å². The van der Waals surface area contributed by atoms with E-state index < -0.39 is 0 Å². The summed E-state index contributed by atoms with van der Waals surface area (Å²) in [6.45, 7) is 5.47. The molecule has 32 heavy (non-hydrogen) atoms. The number of hydrogen-bond acceptors (Lipinski definition) is 8. The molecule has 1 fully saturated rings. The predicted molar refractivity (Wildman–Crippen MR) is 128 cm³/mol. The third-order valence-corrected chi connectivity index (χ3v) is 5.49. The number of carbonyl (C=O) groups is 1. The Morgan fingerprint density at radius 1 is 1.19 bits per heavy atom. The van der Waals surface area contributed by atoms with Crippen LogP contribution in [0.2, 0.25) is 0 Å². The molecule has 0 aliphatic carbocycles. The van der Waals surface area contributed by atoms with Gasteiger partial charge in [0.15, 0.2) is 11.6 Å². The van der Waals surface area contributed by atoms with E-state index in [1.807, 2.05) is 25.1 Å². The largest absolute Gasteiger partial charge is 0.491 e. The Kier molecular flexibility index (Phi) is 6.81. The van der Waals surface area contributed by atoms with E-state index in [1.54, 1.807) is 31.5 Å². The number of piperazine rings is 1. The lowest BCUT2D eigenvalue weighted by atomic mass is 10.1. The zero-order valence-corrected chi connectivity index (χ0v) is 19.4. The second-order valence-corrected chi connectivity index (χ2v) is 8.09. The van der Waals surface area contributed by atoms with Crippen molar-refractivity contribution in [2.45, 2.75) is 6.92 Å². The third kappa shape index (κ3) is 5.14. The summed E-state index contributed by atoms with van der Waals surface area (Å²) in [6, 6.07) is 10.8. The highest BCUT2D eigenvalue weighted by molar-refractivity contribution is 9.10. The lowest BCUT2D eigenvalue weighted by Crippen LogP contribution is -2.44. The third-order valence-electron chi connectivity index (χ3n) is 5.05. The first-order chi connectivity index (χ1) is 15.5. The molecular formula is C22H24BrN7O2. The molecule has 0 spiro atoms. The molecule has 1 aliphatic rings. The number of benzene rings is 1. The van der Waals surface area contributed by atoms with E-state index in [1.165, 1.54) is 0 Å². The van der Waals surface area contributed by atoms with Crippen LogP contribution in [0.5, 0.6) is 5.75 Å². The van der Waals surface area contributed by atoms with Gasteiger partial charge in [-0.1, -0.05) is 6.07 Å². The summed E-state index contributed by atoms with van der Waals surface area (Å²) in [6.07, 6.45) is 1.68. The molecule has 1 aliphatic heterocycles. The number of nitrogens with one attached hydrogen (secondary N) is 3. The summed E-state index contributed by atoms with van der Waals surface area (Å²) in [4.78, 5) is 27.9. The van der Waals surface area contributed by atoms with Gasteiger partial charge in [0, 0.05) is 37.6 Å². The Bertz CT molecular complexity index is 1120. The SMILES string of the molecule is COc1cnc(N2CCNCC2)nc1Nc1ccc(NC(=O)c2cccc(Br)n2)cc1C. The van der Waals surface area contributed by atoms with Gasteiger partial charge in [-0.05, 0) is 58.7 Å². The highest BCUT2D eigenvalue weighted by Crippen LogP contribution is 2.29. The van der Waals surface area contributed by atoms with Crippen LogP contribution >= 0.6 is 15.9 Å². The quantitative estimate of drug-likeness (QED) is 0.445. The van der Waals surface area contributed by atoms with Crippen LogP contribution in [0.3, 0.4) is 0 Å². The van der Waals surface area contributed by atoms with Gasteiger partial charge < -0.3 is 25.6 Å². The molecule has 10 heteroatoms. The van der Waals surface area contributed by atoms with Gasteiger partial charge in [0.2, 0.25) is 5.95 Å². The van der Waals surface area contributed by atoms with Gasteiger partial charge in [0.25, 0.3) is 5.91 Å². The van der Waals surface area contributed by atoms with Crippen LogP contribution in [0.25, 0.3) is 0 Å². The summed E-state index contributed by atoms with van der Waals surface area (Å²) in [5.74, 6) is 1.54. The van der Waals surface area contributed by atoms with Crippen molar-refractivity contribution in [3.63, 3.8) is 0 Å². The molecule has 3 N–H and O–H groups in total. The lowest BCUT2D eigenvalue weighted by molar-refractivity contribution is 0.102. The fraction of sp³-hybridized carbons (Fsp3) is 0.273. The topological polar surface area (TPSA) is 104 Å². The van der Waals surface area contributed by atoms with E-state index in [9.17, 15) is 4.79 Å². The highest BCUT2D eigenvalue weighted by Gasteiger charge is 2.17. The lowest BCUT2D eigenvalue weighted by Gasteiger charge is -2.27. The summed E-state index contributed by atoms with van der Waals surface area (Å²) >= 11 is 3.28. The van der Waals surface area contributed by atoms with Crippen LogP contribution in [0.15, 0.2) is 47.2 Å². The number of halogens is 1. The molecule has 9 nitrogen and oxygen atoms in total. The molecule has 0 unspecified atom stereocenters. The number of nitrogens with zero attached hydrogens (tertiary/aromatic N) is 4. The second-order valence-electron chi connectivity index (χ2n) is 7.28. The molecule has 1 amide bonds. The van der Waals surface area contributed by atoms with Crippen LogP contribution in [0.4, 0.5) is 23.1 Å². The van der Waals surface area contributed by atoms with Gasteiger partial charge in [-0.2, -0.15) is 4.98 Å². The van der Waals surface area contributed by atoms with E-state index in [2.05, 4.69) is 46.7 Å². The number of aryl methyl sites for hydroxylation is 1. The molecule has 1 saturated heterocycles. The van der Waals surface area contributed by atoms with Gasteiger partial charge in [0.1, 0.15) is 10.3 Å². The molecule has 0 saturated carbocycles. The highest BCUT2D eigenvalue weighted by atomic mass is 79.9. The van der Waals surface area contributed by atoms with Gasteiger partial charge >= 0.3 is 0 Å². The first-order valence-electron chi connectivity index (χ1n) is 10.2. The van der Waals surface area contributed by atoms with Gasteiger partial charge in [-0.25, -0.2) is 9.97 Å². The maximum atomic E-state index is 12.5. The van der Waals surface area contributed by atoms with Crippen molar-refractivity contribution in [1.82, 2.24) is 20.3 Å². The standard InChI is InChI=1S/C22H24BrN7O2/c1-14-12-15(26-21(31)17-4-3-5-19(23)27-17)6-7-16(14)28-20-18(32-2)13-25-22(29-20)30-10-8-24-9-11-30/h3-7,12-13,24H,8-11H2,1-2H3,(H,26,31)(H,25,28,29). The average molecular weight is 498 g/mol. The molecule has 3 aromatic rings. The van der Waals surface area contributed by atoms with Crippen molar-refractivity contribution in [2.24, 2.45) is 0 Å². The van der Waals surface area contributed by atoms with E-state index in [0.29, 0.717) is 33.5 Å². The Morgan fingerprint density at radius 3 is 2.72 bits per heavy atom. The Labute approximate surface area is 194 Å². The zero-order valence-electron chi connectivity index (χ0n) is 17.9. The first kappa shape index (κ1) is 22.0. The van der Waals surface area contributed by atoms with Crippen molar-refractivity contribution in [2.75, 3.05) is 48.8 Å². The maximum absolute atomic E-state index is 12.5. The van der Waals surface area contributed by atoms with Crippen molar-refractivity contribution in [1.29, 1.82) is 0 Å². The molecule has 0 radical (unpaired) electrons. The van der Waals surface area contributed by atoms with Crippen molar-refractivity contribution >= 4 is 45.0 Å². The summed E-state index contributed by atoms with van der Waals surface area (Å²) in [5, 5.41) is 9.55. The Balaban J connectivity index is 1.51. The van der Waals surface area contributed by atoms with Crippen molar-refractivity contribution in [3.05, 3.63) is 58.5 Å². The normalized spacial score (nSPS) is 13.5. The molecule has 166 valence electrons. The van der Waals surface area contributed by atoms with Gasteiger partial charge in [-0.3, -0.25) is 4.79 Å². The minimum atomic E-state index is -0.274. The zero-order chi connectivity index (χ0) is 22.5. The monoisotopic (exact) mass is 497 g/mol. The number of ether oxygens (including phenoxy) is 1. The molecule has 0 atom stereocenters. The number of methoxy groups -OCH3 is 1. The number of rotatable bonds is 6. The van der Waals surface area contributed by atoms with E-state index in [-0.39, 0.29) is 5.91 Å². The fourth-order valence-electron chi connectivity index (χ4n) is 3.36. The minimum Gasteiger partial charge on any atom is -0.491 e. The second kappa shape index (κ2) is 9.92. The van der Waals surface area contributed by atoms with Crippen LogP contribution < -0.4 is 25.6 Å². The molecule has 0 bridgehead atoms. The summed E-state index contributed by atoms with van der Waals surface area (Å²) < 4.78 is 6.06. The smallest absolute Gasteiger partial charge is 0.274 e. The van der Waals surface area contributed by atoms with E-state index in [0.717, 1.165) is 37.4 Å². The number of amides is 1.